The topological polar surface area (TPSA) is 454 Å². The van der Waals surface area contributed by atoms with Crippen LogP contribution in [0.2, 0.25) is 0 Å². The van der Waals surface area contributed by atoms with E-state index in [1.165, 1.54) is 13.0 Å². The maximum absolute atomic E-state index is 13.8. The van der Waals surface area contributed by atoms with E-state index in [2.05, 4.69) is 5.32 Å². The number of nitrogens with one attached hydrogen (secondary N) is 1. The Bertz CT molecular complexity index is 2820. The van der Waals surface area contributed by atoms with Gasteiger partial charge in [-0.15, -0.1) is 0 Å². The molecule has 0 aromatic rings. The first-order valence-electron chi connectivity index (χ1n) is 29.4. The Hall–Kier alpha value is -8.20. The van der Waals surface area contributed by atoms with Crippen LogP contribution in [0.5, 0.6) is 0 Å². The van der Waals surface area contributed by atoms with Crippen molar-refractivity contribution in [1.82, 2.24) is 5.32 Å². The van der Waals surface area contributed by atoms with E-state index in [0.717, 1.165) is 103 Å². The molecule has 0 aliphatic carbocycles. The van der Waals surface area contributed by atoms with Crippen molar-refractivity contribution in [2.24, 2.45) is 0 Å². The molecule has 4 saturated heterocycles. The highest BCUT2D eigenvalue weighted by molar-refractivity contribution is 5.74. The minimum atomic E-state index is -2.30. The minimum Gasteiger partial charge on any atom is -0.492 e. The van der Waals surface area contributed by atoms with E-state index < -0.39 is 251 Å². The van der Waals surface area contributed by atoms with Crippen LogP contribution < -0.4 is 5.32 Å². The standard InChI is InChI=1S/C58H79NO36/c1-22-43(81-29(8)66)49(85-33(12)70)52(87-35(14)72)56(79-22)95-54-50(86-34(13)71)46(83-31(10)68)40(20-77-26(5)63)91-58(54)93-48-42(59-23(2)60)55(89-39(19-76-25(4)62)45(48)82-30(9)67)94-51-47(84-32(11)69)41(21-78-27(6)64)90-57(53(51)88-36(15)73)92-44-37(80-28(7)65)16-17-74-38(44)18-75-24(3)61/h16-17,22,37-58H,18-21H2,1-15H3,(H,59,60)/t22-,37+,38+,39+,40+,41+,42+,43+,44+,45-,46-,47-,48+,49+,50-,51-,52-,53+,54+,55-,56-,57+,58-/m0/s1. The number of hydrogen-bond acceptors (Lipinski definition) is 36. The second kappa shape index (κ2) is 35.5. The smallest absolute Gasteiger partial charge is 0.303 e. The molecule has 0 saturated carbocycles. The lowest BCUT2D eigenvalue weighted by Gasteiger charge is -2.52. The second-order valence-electron chi connectivity index (χ2n) is 21.8. The molecule has 5 aliphatic heterocycles. The minimum absolute atomic E-state index is 0.569. The van der Waals surface area contributed by atoms with Gasteiger partial charge in [0.05, 0.1) is 12.4 Å². The summed E-state index contributed by atoms with van der Waals surface area (Å²) >= 11 is 0. The maximum atomic E-state index is 13.8. The zero-order valence-electron chi connectivity index (χ0n) is 54.5. The molecule has 23 atom stereocenters. The van der Waals surface area contributed by atoms with Gasteiger partial charge in [0.25, 0.3) is 0 Å². The highest BCUT2D eigenvalue weighted by atomic mass is 16.8. The maximum Gasteiger partial charge on any atom is 0.303 e. The number of hydrogen-bond donors (Lipinski definition) is 1. The van der Waals surface area contributed by atoms with Crippen molar-refractivity contribution in [1.29, 1.82) is 0 Å². The summed E-state index contributed by atoms with van der Waals surface area (Å²) < 4.78 is 131. The van der Waals surface area contributed by atoms with E-state index in [4.69, 9.17) is 104 Å². The van der Waals surface area contributed by atoms with Gasteiger partial charge in [-0.25, -0.2) is 0 Å². The first kappa shape index (κ1) is 77.5. The molecule has 4 fully saturated rings. The van der Waals surface area contributed by atoms with Gasteiger partial charge in [0, 0.05) is 96.9 Å². The van der Waals surface area contributed by atoms with Gasteiger partial charge < -0.3 is 110 Å². The number of carbonyl (C=O) groups excluding carboxylic acids is 14. The Morgan fingerprint density at radius 1 is 0.305 bits per heavy atom. The van der Waals surface area contributed by atoms with Crippen LogP contribution in [0, 0.1) is 0 Å². The van der Waals surface area contributed by atoms with Crippen LogP contribution in [0.15, 0.2) is 12.3 Å². The van der Waals surface area contributed by atoms with E-state index in [9.17, 15) is 67.1 Å². The molecule has 95 heavy (non-hydrogen) atoms. The number of esters is 13. The fourth-order valence-electron chi connectivity index (χ4n) is 10.6. The molecule has 5 heterocycles. The molecule has 37 nitrogen and oxygen atoms in total. The van der Waals surface area contributed by atoms with Crippen LogP contribution in [-0.2, 0) is 171 Å². The van der Waals surface area contributed by atoms with Crippen molar-refractivity contribution in [3.8, 4) is 0 Å². The molecule has 0 bridgehead atoms. The van der Waals surface area contributed by atoms with Gasteiger partial charge >= 0.3 is 77.6 Å². The normalized spacial score (nSPS) is 33.3. The molecule has 0 aromatic heterocycles. The number of ether oxygens (including phenoxy) is 22. The molecular weight excluding hydrogens is 1290 g/mol. The van der Waals surface area contributed by atoms with Gasteiger partial charge in [-0.05, 0) is 13.0 Å². The molecule has 1 N–H and O–H groups in total. The predicted octanol–water partition coefficient (Wildman–Crippen LogP) is -1.50. The summed E-state index contributed by atoms with van der Waals surface area (Å²) in [6.07, 6.45) is -38.9. The predicted molar refractivity (Wildman–Crippen MR) is 298 cm³/mol. The fraction of sp³-hybridized carbons (Fsp3) is 0.724. The lowest BCUT2D eigenvalue weighted by molar-refractivity contribution is -0.388. The Morgan fingerprint density at radius 3 is 1.03 bits per heavy atom. The molecule has 532 valence electrons. The molecule has 1 amide bonds. The zero-order valence-corrected chi connectivity index (χ0v) is 54.5. The number of rotatable bonds is 26. The van der Waals surface area contributed by atoms with Gasteiger partial charge in [0.2, 0.25) is 5.91 Å². The highest BCUT2D eigenvalue weighted by Gasteiger charge is 2.62. The first-order valence-corrected chi connectivity index (χ1v) is 29.4. The van der Waals surface area contributed by atoms with Gasteiger partial charge in [-0.3, -0.25) is 67.1 Å². The van der Waals surface area contributed by atoms with E-state index in [0.29, 0.717) is 0 Å². The van der Waals surface area contributed by atoms with E-state index >= 15 is 0 Å². The van der Waals surface area contributed by atoms with Crippen molar-refractivity contribution < 1.29 is 171 Å². The van der Waals surface area contributed by atoms with Crippen molar-refractivity contribution in [3.05, 3.63) is 12.3 Å². The molecule has 0 radical (unpaired) electrons. The van der Waals surface area contributed by atoms with E-state index in [-0.39, 0.29) is 0 Å². The molecule has 0 spiro atoms. The van der Waals surface area contributed by atoms with Gasteiger partial charge in [0.15, 0.2) is 92.3 Å². The second-order valence-corrected chi connectivity index (χ2v) is 21.8. The summed E-state index contributed by atoms with van der Waals surface area (Å²) in [5.74, 6) is -13.9. The fourth-order valence-corrected chi connectivity index (χ4v) is 10.6. The summed E-state index contributed by atoms with van der Waals surface area (Å²) in [6, 6.07) is -2.03. The lowest BCUT2D eigenvalue weighted by Crippen LogP contribution is -2.71. The van der Waals surface area contributed by atoms with Crippen molar-refractivity contribution in [2.75, 3.05) is 26.4 Å². The summed E-state index contributed by atoms with van der Waals surface area (Å²) in [4.78, 5) is 181. The molecule has 5 rings (SSSR count). The van der Waals surface area contributed by atoms with Crippen LogP contribution in [-0.4, -0.2) is 251 Å². The summed E-state index contributed by atoms with van der Waals surface area (Å²) in [7, 11) is 0. The molecule has 5 aliphatic rings. The van der Waals surface area contributed by atoms with Crippen molar-refractivity contribution in [3.63, 3.8) is 0 Å². The third kappa shape index (κ3) is 23.0. The van der Waals surface area contributed by atoms with E-state index in [1.54, 1.807) is 0 Å². The largest absolute Gasteiger partial charge is 0.492 e. The van der Waals surface area contributed by atoms with Gasteiger partial charge in [0.1, 0.15) is 69.1 Å². The summed E-state index contributed by atoms with van der Waals surface area (Å²) in [5.41, 5.74) is 0. The third-order valence-electron chi connectivity index (χ3n) is 13.8. The lowest BCUT2D eigenvalue weighted by atomic mass is 9.93. The SMILES string of the molecule is CC(=O)N[C@H]1[C@H](O[C@H]2[C@@H](OC(C)=O)[C@@H](COC(C)=O)O[C@H](O[C@@H]3[C@H](OC(C)=O)C=CO[C@@H]3COC(C)=O)[C@@H]2OC(C)=O)O[C@H](COC(C)=O)[C@H](OC(C)=O)[C@@H]1O[C@@H]1O[C@H](COC(C)=O)[C@H](OC(C)=O)[C@H](OC(C)=O)[C@H]1O[C@@H]1O[C@@H](C)[C@@H](OC(C)=O)[C@@H](OC(C)=O)[C@@H]1OC(C)=O. The summed E-state index contributed by atoms with van der Waals surface area (Å²) in [5, 5.41) is 2.58. The molecule has 0 aromatic carbocycles. The Labute approximate surface area is 542 Å². The van der Waals surface area contributed by atoms with E-state index in [1.807, 2.05) is 0 Å². The Kier molecular flexibility index (Phi) is 29.0. The zero-order chi connectivity index (χ0) is 70.9. The Morgan fingerprint density at radius 2 is 0.611 bits per heavy atom. The monoisotopic (exact) mass is 1370 g/mol. The Balaban J connectivity index is 1.83. The number of amides is 1. The third-order valence-corrected chi connectivity index (χ3v) is 13.8. The van der Waals surface area contributed by atoms with Gasteiger partial charge in [-0.2, -0.15) is 0 Å². The van der Waals surface area contributed by atoms with Crippen LogP contribution in [0.25, 0.3) is 0 Å². The summed E-state index contributed by atoms with van der Waals surface area (Å²) in [6.45, 7) is 11.8. The average Bonchev–Trinajstić information content (AvgIpc) is 0.762. The molecule has 37 heteroatoms. The van der Waals surface area contributed by atoms with Crippen LogP contribution in [0.4, 0.5) is 0 Å². The van der Waals surface area contributed by atoms with Gasteiger partial charge in [-0.1, -0.05) is 0 Å². The average molecular weight is 1370 g/mol. The molecular formula is C58H79NO36. The van der Waals surface area contributed by atoms with Crippen LogP contribution in [0.1, 0.15) is 104 Å². The first-order chi connectivity index (χ1) is 44.5. The highest BCUT2D eigenvalue weighted by Crippen LogP contribution is 2.40. The quantitative estimate of drug-likeness (QED) is 0.0761. The van der Waals surface area contributed by atoms with Crippen LogP contribution >= 0.6 is 0 Å². The van der Waals surface area contributed by atoms with Crippen molar-refractivity contribution >= 4 is 83.5 Å². The van der Waals surface area contributed by atoms with Crippen LogP contribution in [0.3, 0.4) is 0 Å². The van der Waals surface area contributed by atoms with Crippen molar-refractivity contribution in [2.45, 2.75) is 245 Å². The molecule has 0 unspecified atom stereocenters. The number of carbonyl (C=O) groups is 14.